The van der Waals surface area contributed by atoms with Crippen molar-refractivity contribution >= 4 is 12.4 Å². The fourth-order valence-corrected chi connectivity index (χ4v) is 3.21. The summed E-state index contributed by atoms with van der Waals surface area (Å²) in [5, 5.41) is 0. The Labute approximate surface area is 100 Å². The lowest BCUT2D eigenvalue weighted by molar-refractivity contribution is 0.403. The highest BCUT2D eigenvalue weighted by molar-refractivity contribution is 6.73. The van der Waals surface area contributed by atoms with E-state index in [-0.39, 0.29) is 10.8 Å². The van der Waals surface area contributed by atoms with Crippen LogP contribution >= 0.6 is 0 Å². The first-order valence-electron chi connectivity index (χ1n) is 5.89. The van der Waals surface area contributed by atoms with Crippen LogP contribution in [0.1, 0.15) is 45.2 Å². The average Bonchev–Trinajstić information content (AvgIpc) is 2.31. The molecule has 4 heteroatoms. The summed E-state index contributed by atoms with van der Waals surface area (Å²) in [6.07, 6.45) is 0.893. The summed E-state index contributed by atoms with van der Waals surface area (Å²) < 4.78 is 38.3. The molecule has 0 aromatic heterocycles. The van der Waals surface area contributed by atoms with E-state index in [9.17, 15) is 12.9 Å². The van der Waals surface area contributed by atoms with E-state index >= 15 is 0 Å². The highest BCUT2D eigenvalue weighted by atomic mass is 19.4. The summed E-state index contributed by atoms with van der Waals surface area (Å²) >= 11 is 0. The summed E-state index contributed by atoms with van der Waals surface area (Å²) in [5.74, 6) is 0. The lowest BCUT2D eigenvalue weighted by Crippen LogP contribution is -2.35. The van der Waals surface area contributed by atoms with Crippen LogP contribution in [0.15, 0.2) is 18.2 Å². The fourth-order valence-electron chi connectivity index (χ4n) is 3.21. The molecule has 0 bridgehead atoms. The van der Waals surface area contributed by atoms with Crippen molar-refractivity contribution < 1.29 is 12.9 Å². The quantitative estimate of drug-likeness (QED) is 0.657. The maximum absolute atomic E-state index is 12.8. The van der Waals surface area contributed by atoms with Crippen molar-refractivity contribution in [2.24, 2.45) is 0 Å². The molecule has 0 nitrogen and oxygen atoms in total. The molecular weight excluding hydrogens is 224 g/mol. The Balaban J connectivity index is 2.61. The molecule has 0 atom stereocenters. The van der Waals surface area contributed by atoms with Crippen LogP contribution in [0.25, 0.3) is 0 Å². The van der Waals surface area contributed by atoms with Gasteiger partial charge in [0.1, 0.15) is 0 Å². The van der Waals surface area contributed by atoms with Gasteiger partial charge in [-0.15, -0.1) is 5.46 Å². The minimum absolute atomic E-state index is 0.0318. The third-order valence-corrected chi connectivity index (χ3v) is 3.76. The summed E-state index contributed by atoms with van der Waals surface area (Å²) in [6.45, 7) is 3.34. The zero-order valence-corrected chi connectivity index (χ0v) is 10.7. The predicted octanol–water partition coefficient (Wildman–Crippen LogP) is 3.70. The van der Waals surface area contributed by atoms with Gasteiger partial charge in [-0.25, -0.2) is 0 Å². The molecule has 0 aliphatic heterocycles. The molecule has 94 valence electrons. The van der Waals surface area contributed by atoms with Gasteiger partial charge in [0.2, 0.25) is 0 Å². The van der Waals surface area contributed by atoms with Crippen molar-refractivity contribution in [1.29, 1.82) is 0 Å². The largest absolute Gasteiger partial charge is 0.509 e. The molecule has 0 heterocycles. The smallest absolute Gasteiger partial charge is 0.445 e. The second-order valence-corrected chi connectivity index (χ2v) is 6.32. The van der Waals surface area contributed by atoms with Crippen molar-refractivity contribution in [3.63, 3.8) is 0 Å². The Morgan fingerprint density at radius 3 is 2.00 bits per heavy atom. The Kier molecular flexibility index (Phi) is 2.43. The van der Waals surface area contributed by atoms with E-state index in [4.69, 9.17) is 0 Å². The molecule has 1 aliphatic carbocycles. The number of fused-ring (bicyclic) bond motifs is 1. The van der Waals surface area contributed by atoms with Gasteiger partial charge in [-0.3, -0.25) is 0 Å². The average molecular weight is 241 g/mol. The van der Waals surface area contributed by atoms with Crippen LogP contribution in [0.5, 0.6) is 0 Å². The first-order chi connectivity index (χ1) is 7.54. The fraction of sp³-hybridized carbons (Fsp3) is 0.538. The monoisotopic (exact) mass is 241 g/mol. The maximum Gasteiger partial charge on any atom is 0.509 e. The minimum atomic E-state index is -4.90. The van der Waals surface area contributed by atoms with E-state index in [1.165, 1.54) is 12.1 Å². The molecule has 0 unspecified atom stereocenters. The van der Waals surface area contributed by atoms with E-state index in [0.29, 0.717) is 0 Å². The maximum atomic E-state index is 12.8. The van der Waals surface area contributed by atoms with E-state index < -0.39 is 12.4 Å². The zero-order valence-electron chi connectivity index (χ0n) is 10.7. The van der Waals surface area contributed by atoms with Gasteiger partial charge in [-0.2, -0.15) is 0 Å². The van der Waals surface area contributed by atoms with Gasteiger partial charge in [-0.1, -0.05) is 45.9 Å². The normalized spacial score (nSPS) is 21.4. The summed E-state index contributed by atoms with van der Waals surface area (Å²) in [4.78, 5) is 0. The van der Waals surface area contributed by atoms with Crippen molar-refractivity contribution in [3.05, 3.63) is 29.3 Å². The molecule has 1 aromatic carbocycles. The van der Waals surface area contributed by atoms with E-state index in [2.05, 4.69) is 13.8 Å². The molecule has 1 aromatic rings. The van der Waals surface area contributed by atoms with Gasteiger partial charge in [0.15, 0.2) is 0 Å². The molecule has 1 aliphatic rings. The van der Waals surface area contributed by atoms with Crippen LogP contribution in [0.4, 0.5) is 12.9 Å². The van der Waals surface area contributed by atoms with Gasteiger partial charge in [0, 0.05) is 0 Å². The first kappa shape index (κ1) is 12.5. The third kappa shape index (κ3) is 1.98. The molecular formula is C13H17BF3-. The van der Waals surface area contributed by atoms with Crippen molar-refractivity contribution in [1.82, 2.24) is 0 Å². The highest BCUT2D eigenvalue weighted by Gasteiger charge is 2.42. The van der Waals surface area contributed by atoms with Gasteiger partial charge in [0.25, 0.3) is 0 Å². The highest BCUT2D eigenvalue weighted by Crippen LogP contribution is 2.48. The van der Waals surface area contributed by atoms with E-state index in [1.807, 2.05) is 13.8 Å². The van der Waals surface area contributed by atoms with Crippen LogP contribution in [0.3, 0.4) is 0 Å². The van der Waals surface area contributed by atoms with E-state index in [0.717, 1.165) is 17.5 Å². The number of rotatable bonds is 1. The zero-order chi connectivity index (χ0) is 13.1. The van der Waals surface area contributed by atoms with Crippen LogP contribution in [-0.4, -0.2) is 6.98 Å². The molecule has 0 fully saturated rings. The lowest BCUT2D eigenvalue weighted by atomic mass is 9.76. The second-order valence-electron chi connectivity index (χ2n) is 6.32. The third-order valence-electron chi connectivity index (χ3n) is 3.76. The molecule has 0 spiro atoms. The number of benzene rings is 1. The number of halogens is 3. The van der Waals surface area contributed by atoms with E-state index in [1.54, 1.807) is 6.07 Å². The lowest BCUT2D eigenvalue weighted by Gasteiger charge is -2.23. The molecule has 0 saturated heterocycles. The number of hydrogen-bond acceptors (Lipinski definition) is 0. The predicted molar refractivity (Wildman–Crippen MR) is 65.8 cm³/mol. The summed E-state index contributed by atoms with van der Waals surface area (Å²) in [7, 11) is 0. The number of hydrogen-bond donors (Lipinski definition) is 0. The van der Waals surface area contributed by atoms with Gasteiger partial charge >= 0.3 is 6.98 Å². The molecule has 0 saturated carbocycles. The Morgan fingerprint density at radius 2 is 1.47 bits per heavy atom. The van der Waals surface area contributed by atoms with Crippen molar-refractivity contribution in [2.75, 3.05) is 0 Å². The summed E-state index contributed by atoms with van der Waals surface area (Å²) in [6, 6.07) is 4.24. The molecule has 0 N–H and O–H groups in total. The van der Waals surface area contributed by atoms with Crippen molar-refractivity contribution in [2.45, 2.75) is 44.9 Å². The Hall–Kier alpha value is -0.925. The van der Waals surface area contributed by atoms with Gasteiger partial charge in [0.05, 0.1) is 0 Å². The Morgan fingerprint density at radius 1 is 0.941 bits per heavy atom. The SMILES string of the molecule is CC1(C)CC(C)(C)c2cc([B-](F)(F)F)ccc21. The summed E-state index contributed by atoms with van der Waals surface area (Å²) in [5.41, 5.74) is 1.24. The first-order valence-corrected chi connectivity index (χ1v) is 5.89. The second kappa shape index (κ2) is 3.30. The molecule has 0 amide bonds. The minimum Gasteiger partial charge on any atom is -0.445 e. The van der Waals surface area contributed by atoms with Gasteiger partial charge in [-0.05, 0) is 28.4 Å². The van der Waals surface area contributed by atoms with Gasteiger partial charge < -0.3 is 12.9 Å². The van der Waals surface area contributed by atoms with Crippen LogP contribution in [-0.2, 0) is 10.8 Å². The van der Waals surface area contributed by atoms with Crippen molar-refractivity contribution in [3.8, 4) is 0 Å². The Bertz CT molecular complexity index is 458. The van der Waals surface area contributed by atoms with Crippen LogP contribution in [0.2, 0.25) is 0 Å². The standard InChI is InChI=1S/C13H17BF3/c1-12(2)8-13(3,4)11-7-9(14(15,16)17)5-6-10(11)12/h5-7H,8H2,1-4H3/q-1. The van der Waals surface area contributed by atoms with Crippen LogP contribution < -0.4 is 5.46 Å². The van der Waals surface area contributed by atoms with Crippen LogP contribution in [0, 0.1) is 0 Å². The topological polar surface area (TPSA) is 0 Å². The molecule has 2 rings (SSSR count). The molecule has 17 heavy (non-hydrogen) atoms. The molecule has 0 radical (unpaired) electrons.